The van der Waals surface area contributed by atoms with Crippen LogP contribution in [0.2, 0.25) is 0 Å². The van der Waals surface area contributed by atoms with E-state index in [2.05, 4.69) is 25.8 Å². The first kappa shape index (κ1) is 15.6. The second kappa shape index (κ2) is 6.80. The highest BCUT2D eigenvalue weighted by Gasteiger charge is 2.19. The third-order valence-electron chi connectivity index (χ3n) is 2.77. The van der Waals surface area contributed by atoms with E-state index in [0.29, 0.717) is 16.7 Å². The molecule has 0 radical (unpaired) electrons. The van der Waals surface area contributed by atoms with Crippen molar-refractivity contribution in [3.8, 4) is 5.75 Å². The van der Waals surface area contributed by atoms with Gasteiger partial charge in [-0.2, -0.15) is 13.9 Å². The molecule has 2 rings (SSSR count). The van der Waals surface area contributed by atoms with Gasteiger partial charge in [-0.3, -0.25) is 9.48 Å². The molecule has 1 aromatic carbocycles. The molecule has 2 aromatic rings. The van der Waals surface area contributed by atoms with Crippen molar-refractivity contribution in [2.24, 2.45) is 0 Å². The fourth-order valence-electron chi connectivity index (χ4n) is 1.92. The number of ketones is 1. The Balaban J connectivity index is 2.34. The van der Waals surface area contributed by atoms with Gasteiger partial charge < -0.3 is 4.74 Å². The number of rotatable bonds is 6. The molecule has 112 valence electrons. The number of benzene rings is 1. The van der Waals surface area contributed by atoms with Crippen LogP contribution in [0.15, 0.2) is 34.9 Å². The number of carbonyl (C=O) groups is 1. The molecule has 0 atom stereocenters. The van der Waals surface area contributed by atoms with Crippen molar-refractivity contribution in [2.75, 3.05) is 0 Å². The molecule has 0 saturated heterocycles. The monoisotopic (exact) mass is 358 g/mol. The summed E-state index contributed by atoms with van der Waals surface area (Å²) >= 11 is 3.29. The first-order valence-corrected chi connectivity index (χ1v) is 7.13. The number of hydrogen-bond acceptors (Lipinski definition) is 3. The topological polar surface area (TPSA) is 44.1 Å². The van der Waals surface area contributed by atoms with E-state index in [1.165, 1.54) is 18.2 Å². The number of alkyl halides is 2. The van der Waals surface area contributed by atoms with Gasteiger partial charge in [-0.05, 0) is 34.5 Å². The average Bonchev–Trinajstić information content (AvgIpc) is 2.79. The zero-order valence-electron chi connectivity index (χ0n) is 11.2. The van der Waals surface area contributed by atoms with Crippen molar-refractivity contribution in [2.45, 2.75) is 26.5 Å². The van der Waals surface area contributed by atoms with Crippen molar-refractivity contribution < 1.29 is 18.3 Å². The zero-order chi connectivity index (χ0) is 15.4. The lowest BCUT2D eigenvalue weighted by Crippen LogP contribution is -2.12. The minimum atomic E-state index is -2.92. The van der Waals surface area contributed by atoms with Crippen LogP contribution in [0.25, 0.3) is 0 Å². The molecular formula is C14H13BrF2N2O2. The van der Waals surface area contributed by atoms with Gasteiger partial charge in [0.15, 0.2) is 0 Å². The first-order chi connectivity index (χ1) is 10.0. The maximum absolute atomic E-state index is 12.5. The lowest BCUT2D eigenvalue weighted by molar-refractivity contribution is -0.0498. The molecule has 0 aliphatic carbocycles. The fourth-order valence-corrected chi connectivity index (χ4v) is 2.40. The van der Waals surface area contributed by atoms with Crippen LogP contribution in [0.1, 0.15) is 29.4 Å². The van der Waals surface area contributed by atoms with Crippen molar-refractivity contribution in [3.05, 3.63) is 46.2 Å². The van der Waals surface area contributed by atoms with E-state index in [0.717, 1.165) is 6.42 Å². The molecule has 0 saturated carbocycles. The third kappa shape index (κ3) is 3.66. The number of hydrogen-bond donors (Lipinski definition) is 0. The Hall–Kier alpha value is -1.76. The summed E-state index contributed by atoms with van der Waals surface area (Å²) in [4.78, 5) is 12.5. The molecule has 0 unspecified atom stereocenters. The van der Waals surface area contributed by atoms with Gasteiger partial charge in [0.25, 0.3) is 0 Å². The normalized spacial score (nSPS) is 10.9. The molecule has 0 aliphatic rings. The van der Waals surface area contributed by atoms with Crippen LogP contribution in [0, 0.1) is 0 Å². The van der Waals surface area contributed by atoms with Gasteiger partial charge in [-0.15, -0.1) is 0 Å². The zero-order valence-corrected chi connectivity index (χ0v) is 12.8. The molecule has 0 amide bonds. The Bertz CT molecular complexity index is 644. The lowest BCUT2D eigenvalue weighted by atomic mass is 10.1. The summed E-state index contributed by atoms with van der Waals surface area (Å²) in [5.74, 6) is -0.346. The fraction of sp³-hybridized carbons (Fsp3) is 0.286. The largest absolute Gasteiger partial charge is 0.435 e. The molecule has 0 fully saturated rings. The summed E-state index contributed by atoms with van der Waals surface area (Å²) in [5, 5.41) is 4.12. The molecule has 1 heterocycles. The Morgan fingerprint density at radius 3 is 2.90 bits per heavy atom. The molecule has 21 heavy (non-hydrogen) atoms. The van der Waals surface area contributed by atoms with E-state index in [1.807, 2.05) is 6.92 Å². The molecule has 0 aliphatic heterocycles. The average molecular weight is 359 g/mol. The van der Waals surface area contributed by atoms with Crippen molar-refractivity contribution in [1.29, 1.82) is 0 Å². The predicted molar refractivity (Wildman–Crippen MR) is 76.7 cm³/mol. The summed E-state index contributed by atoms with van der Waals surface area (Å²) in [5.41, 5.74) is 0.665. The van der Waals surface area contributed by atoms with Gasteiger partial charge in [0.2, 0.25) is 5.78 Å². The van der Waals surface area contributed by atoms with E-state index < -0.39 is 6.61 Å². The summed E-state index contributed by atoms with van der Waals surface area (Å²) in [7, 11) is 0. The Kier molecular flexibility index (Phi) is 5.06. The number of aromatic nitrogens is 2. The summed E-state index contributed by atoms with van der Waals surface area (Å²) in [6.45, 7) is -0.353. The van der Waals surface area contributed by atoms with E-state index in [4.69, 9.17) is 0 Å². The SMILES string of the molecule is CCCn1ncc(Br)c1C(=O)c1cccc(OC(F)F)c1. The van der Waals surface area contributed by atoms with Gasteiger partial charge in [-0.1, -0.05) is 19.1 Å². The smallest absolute Gasteiger partial charge is 0.387 e. The quantitative estimate of drug-likeness (QED) is 0.735. The van der Waals surface area contributed by atoms with Gasteiger partial charge in [0.05, 0.1) is 10.7 Å². The van der Waals surface area contributed by atoms with Crippen molar-refractivity contribution in [1.82, 2.24) is 9.78 Å². The van der Waals surface area contributed by atoms with Crippen LogP contribution in [0.4, 0.5) is 8.78 Å². The number of carbonyl (C=O) groups excluding carboxylic acids is 1. The maximum Gasteiger partial charge on any atom is 0.387 e. The molecule has 0 spiro atoms. The van der Waals surface area contributed by atoms with Gasteiger partial charge >= 0.3 is 6.61 Å². The Morgan fingerprint density at radius 1 is 1.48 bits per heavy atom. The first-order valence-electron chi connectivity index (χ1n) is 6.33. The molecule has 7 heteroatoms. The molecule has 0 bridgehead atoms. The maximum atomic E-state index is 12.5. The van der Waals surface area contributed by atoms with Crippen LogP contribution in [-0.4, -0.2) is 22.2 Å². The highest BCUT2D eigenvalue weighted by molar-refractivity contribution is 9.10. The number of halogens is 3. The number of nitrogens with zero attached hydrogens (tertiary/aromatic N) is 2. The second-order valence-electron chi connectivity index (χ2n) is 4.30. The van der Waals surface area contributed by atoms with Crippen LogP contribution < -0.4 is 4.74 Å². The molecule has 1 aromatic heterocycles. The minimum absolute atomic E-state index is 0.0477. The summed E-state index contributed by atoms with van der Waals surface area (Å²) in [6.07, 6.45) is 2.37. The standard InChI is InChI=1S/C14H13BrF2N2O2/c1-2-6-19-12(11(15)8-18-19)13(20)9-4-3-5-10(7-9)21-14(16)17/h3-5,7-8,14H,2,6H2,1H3. The highest BCUT2D eigenvalue weighted by atomic mass is 79.9. The van der Waals surface area contributed by atoms with E-state index in [9.17, 15) is 13.6 Å². The summed E-state index contributed by atoms with van der Waals surface area (Å²) in [6, 6.07) is 5.72. The van der Waals surface area contributed by atoms with Gasteiger partial charge in [-0.25, -0.2) is 0 Å². The van der Waals surface area contributed by atoms with Crippen molar-refractivity contribution in [3.63, 3.8) is 0 Å². The highest BCUT2D eigenvalue weighted by Crippen LogP contribution is 2.23. The third-order valence-corrected chi connectivity index (χ3v) is 3.35. The Morgan fingerprint density at radius 2 is 2.24 bits per heavy atom. The van der Waals surface area contributed by atoms with Crippen LogP contribution in [-0.2, 0) is 6.54 Å². The van der Waals surface area contributed by atoms with E-state index >= 15 is 0 Å². The number of aryl methyl sites for hydroxylation is 1. The molecular weight excluding hydrogens is 346 g/mol. The molecule has 0 N–H and O–H groups in total. The molecule has 4 nitrogen and oxygen atoms in total. The summed E-state index contributed by atoms with van der Waals surface area (Å²) < 4.78 is 30.9. The minimum Gasteiger partial charge on any atom is -0.435 e. The van der Waals surface area contributed by atoms with Gasteiger partial charge in [0.1, 0.15) is 11.4 Å². The van der Waals surface area contributed by atoms with Crippen LogP contribution >= 0.6 is 15.9 Å². The lowest BCUT2D eigenvalue weighted by Gasteiger charge is -2.08. The van der Waals surface area contributed by atoms with Gasteiger partial charge in [0, 0.05) is 12.1 Å². The second-order valence-corrected chi connectivity index (χ2v) is 5.15. The van der Waals surface area contributed by atoms with E-state index in [-0.39, 0.29) is 17.1 Å². The predicted octanol–water partition coefficient (Wildman–Crippen LogP) is 3.89. The van der Waals surface area contributed by atoms with Crippen molar-refractivity contribution >= 4 is 21.7 Å². The Labute approximate surface area is 128 Å². The van der Waals surface area contributed by atoms with E-state index in [1.54, 1.807) is 16.9 Å². The van der Waals surface area contributed by atoms with Crippen LogP contribution in [0.3, 0.4) is 0 Å². The van der Waals surface area contributed by atoms with Crippen LogP contribution in [0.5, 0.6) is 5.75 Å². The number of ether oxygens (including phenoxy) is 1.